The van der Waals surface area contributed by atoms with Gasteiger partial charge in [0.1, 0.15) is 11.5 Å². The molecule has 0 saturated heterocycles. The Hall–Kier alpha value is -2.75. The lowest BCUT2D eigenvalue weighted by atomic mass is 10.2. The van der Waals surface area contributed by atoms with Gasteiger partial charge in [-0.15, -0.1) is 0 Å². The van der Waals surface area contributed by atoms with Crippen LogP contribution >= 0.6 is 0 Å². The van der Waals surface area contributed by atoms with Crippen molar-refractivity contribution < 1.29 is 40.6 Å². The summed E-state index contributed by atoms with van der Waals surface area (Å²) in [7, 11) is 0. The molecule has 0 amide bonds. The normalized spacial score (nSPS) is 13.2. The smallest absolute Gasteiger partial charge is 0.457 e. The van der Waals surface area contributed by atoms with Crippen LogP contribution in [0, 0.1) is 0 Å². The van der Waals surface area contributed by atoms with E-state index in [1.54, 1.807) is 0 Å². The molecule has 1 unspecified atom stereocenters. The maximum Gasteiger partial charge on any atom is 0.490 e. The summed E-state index contributed by atoms with van der Waals surface area (Å²) in [6, 6.07) is 9.11. The Bertz CT molecular complexity index is 771. The van der Waals surface area contributed by atoms with Crippen molar-refractivity contribution in [1.29, 1.82) is 0 Å². The third kappa shape index (κ3) is 5.12. The molecule has 0 aliphatic heterocycles. The lowest BCUT2D eigenvalue weighted by Gasteiger charge is -2.15. The van der Waals surface area contributed by atoms with Crippen molar-refractivity contribution in [2.75, 3.05) is 0 Å². The molecule has 0 saturated carbocycles. The van der Waals surface area contributed by atoms with Gasteiger partial charge in [0.2, 0.25) is 0 Å². The maximum atomic E-state index is 12.6. The Kier molecular flexibility index (Phi) is 5.45. The first-order chi connectivity index (χ1) is 12.0. The van der Waals surface area contributed by atoms with Gasteiger partial charge in [0.15, 0.2) is 6.23 Å². The highest BCUT2D eigenvalue weighted by atomic mass is 19.4. The van der Waals surface area contributed by atoms with Gasteiger partial charge in [-0.3, -0.25) is 5.73 Å². The van der Waals surface area contributed by atoms with Gasteiger partial charge in [-0.2, -0.15) is 26.3 Å². The van der Waals surface area contributed by atoms with E-state index in [1.807, 2.05) is 0 Å². The third-order valence-corrected chi connectivity index (χ3v) is 3.07. The lowest BCUT2D eigenvalue weighted by molar-refractivity contribution is -0.205. The highest BCUT2D eigenvalue weighted by molar-refractivity contribution is 5.75. The number of esters is 1. The summed E-state index contributed by atoms with van der Waals surface area (Å²) in [6.07, 6.45) is -11.4. The first kappa shape index (κ1) is 19.6. The van der Waals surface area contributed by atoms with Crippen LogP contribution in [0.1, 0.15) is 17.4 Å². The average molecular weight is 379 g/mol. The van der Waals surface area contributed by atoms with Crippen LogP contribution in [0.3, 0.4) is 0 Å². The Morgan fingerprint density at radius 1 is 0.923 bits per heavy atom. The van der Waals surface area contributed by atoms with E-state index in [0.717, 1.165) is 12.1 Å². The van der Waals surface area contributed by atoms with Crippen LogP contribution in [-0.4, -0.2) is 12.1 Å². The third-order valence-electron chi connectivity index (χ3n) is 3.07. The van der Waals surface area contributed by atoms with Gasteiger partial charge in [0, 0.05) is 5.56 Å². The van der Waals surface area contributed by atoms with Gasteiger partial charge in [0.25, 0.3) is 0 Å². The number of hydrogen-bond donors (Lipinski definition) is 1. The highest BCUT2D eigenvalue weighted by Crippen LogP contribution is 2.33. The van der Waals surface area contributed by atoms with Gasteiger partial charge >= 0.3 is 18.3 Å². The summed E-state index contributed by atoms with van der Waals surface area (Å²) in [4.78, 5) is 10.7. The van der Waals surface area contributed by atoms with Crippen LogP contribution in [0.15, 0.2) is 48.5 Å². The van der Waals surface area contributed by atoms with Crippen molar-refractivity contribution in [2.24, 2.45) is 5.73 Å². The van der Waals surface area contributed by atoms with Crippen LogP contribution in [0.5, 0.6) is 11.5 Å². The molecule has 0 bridgehead atoms. The second-order valence-corrected chi connectivity index (χ2v) is 5.02. The molecule has 10 heteroatoms. The number of halogens is 6. The summed E-state index contributed by atoms with van der Waals surface area (Å²) >= 11 is 0. The molecule has 0 spiro atoms. The molecule has 0 radical (unpaired) electrons. The number of carbonyl (C=O) groups excluding carboxylic acids is 1. The summed E-state index contributed by atoms with van der Waals surface area (Å²) in [5.74, 6) is -2.41. The molecule has 4 nitrogen and oxygen atoms in total. The zero-order valence-corrected chi connectivity index (χ0v) is 12.8. The highest BCUT2D eigenvalue weighted by Gasteiger charge is 2.42. The SMILES string of the molecule is NC(OC(=O)C(F)(F)F)c1ccc(Oc2cccc(C(F)(F)F)c2)cc1. The topological polar surface area (TPSA) is 61.5 Å². The summed E-state index contributed by atoms with van der Waals surface area (Å²) in [5.41, 5.74) is 4.50. The fourth-order valence-electron chi connectivity index (χ4n) is 1.85. The van der Waals surface area contributed by atoms with E-state index in [2.05, 4.69) is 4.74 Å². The maximum absolute atomic E-state index is 12.6. The molecule has 0 fully saturated rings. The number of alkyl halides is 6. The molecule has 2 aromatic rings. The van der Waals surface area contributed by atoms with Crippen molar-refractivity contribution in [3.63, 3.8) is 0 Å². The Balaban J connectivity index is 2.07. The van der Waals surface area contributed by atoms with Gasteiger partial charge in [-0.25, -0.2) is 4.79 Å². The lowest BCUT2D eigenvalue weighted by Crippen LogP contribution is -2.29. The Morgan fingerprint density at radius 3 is 2.08 bits per heavy atom. The van der Waals surface area contributed by atoms with Gasteiger partial charge in [0.05, 0.1) is 5.56 Å². The zero-order valence-electron chi connectivity index (χ0n) is 12.8. The number of rotatable bonds is 4. The van der Waals surface area contributed by atoms with E-state index in [1.165, 1.54) is 36.4 Å². The average Bonchev–Trinajstić information content (AvgIpc) is 2.54. The predicted octanol–water partition coefficient (Wildman–Crippen LogP) is 4.56. The van der Waals surface area contributed by atoms with E-state index < -0.39 is 30.1 Å². The second kappa shape index (κ2) is 7.24. The summed E-state index contributed by atoms with van der Waals surface area (Å²) in [6.45, 7) is 0. The summed E-state index contributed by atoms with van der Waals surface area (Å²) < 4.78 is 83.6. The minimum absolute atomic E-state index is 0.0407. The Labute approximate surface area is 143 Å². The second-order valence-electron chi connectivity index (χ2n) is 5.02. The Morgan fingerprint density at radius 2 is 1.54 bits per heavy atom. The van der Waals surface area contributed by atoms with E-state index in [4.69, 9.17) is 10.5 Å². The quantitative estimate of drug-likeness (QED) is 0.481. The molecule has 2 aromatic carbocycles. The van der Waals surface area contributed by atoms with Gasteiger partial charge in [-0.05, 0) is 30.3 Å². The first-order valence-corrected chi connectivity index (χ1v) is 6.95. The van der Waals surface area contributed by atoms with Crippen LogP contribution in [0.25, 0.3) is 0 Å². The standard InChI is InChI=1S/C16H11F6NO3/c17-15(18,19)10-2-1-3-12(8-10)25-11-6-4-9(5-7-11)13(23)26-14(24)16(20,21)22/h1-8,13H,23H2. The number of benzene rings is 2. The first-order valence-electron chi connectivity index (χ1n) is 6.95. The number of ether oxygens (including phenoxy) is 2. The fraction of sp³-hybridized carbons (Fsp3) is 0.188. The monoisotopic (exact) mass is 379 g/mol. The molecule has 140 valence electrons. The van der Waals surface area contributed by atoms with E-state index >= 15 is 0 Å². The van der Waals surface area contributed by atoms with Crippen LogP contribution in [-0.2, 0) is 15.7 Å². The molecular weight excluding hydrogens is 368 g/mol. The van der Waals surface area contributed by atoms with Crippen LogP contribution in [0.2, 0.25) is 0 Å². The van der Waals surface area contributed by atoms with Crippen molar-refractivity contribution >= 4 is 5.97 Å². The van der Waals surface area contributed by atoms with Gasteiger partial charge < -0.3 is 9.47 Å². The van der Waals surface area contributed by atoms with Crippen molar-refractivity contribution in [3.05, 3.63) is 59.7 Å². The molecule has 1 atom stereocenters. The van der Waals surface area contributed by atoms with E-state index in [0.29, 0.717) is 0 Å². The van der Waals surface area contributed by atoms with Crippen molar-refractivity contribution in [3.8, 4) is 11.5 Å². The van der Waals surface area contributed by atoms with Crippen LogP contribution in [0.4, 0.5) is 26.3 Å². The molecule has 2 rings (SSSR count). The molecule has 2 N–H and O–H groups in total. The minimum atomic E-state index is -5.18. The molecule has 0 heterocycles. The predicted molar refractivity (Wildman–Crippen MR) is 77.0 cm³/mol. The zero-order chi connectivity index (χ0) is 19.5. The number of hydrogen-bond acceptors (Lipinski definition) is 4. The number of carbonyl (C=O) groups is 1. The van der Waals surface area contributed by atoms with E-state index in [9.17, 15) is 31.1 Å². The van der Waals surface area contributed by atoms with Crippen LogP contribution < -0.4 is 10.5 Å². The molecule has 0 aromatic heterocycles. The number of nitrogens with two attached hydrogens (primary N) is 1. The minimum Gasteiger partial charge on any atom is -0.457 e. The van der Waals surface area contributed by atoms with Gasteiger partial charge in [-0.1, -0.05) is 18.2 Å². The summed E-state index contributed by atoms with van der Waals surface area (Å²) in [5, 5.41) is 0. The molecule has 26 heavy (non-hydrogen) atoms. The molecule has 0 aliphatic rings. The fourth-order valence-corrected chi connectivity index (χ4v) is 1.85. The van der Waals surface area contributed by atoms with E-state index in [-0.39, 0.29) is 17.1 Å². The van der Waals surface area contributed by atoms with Crippen molar-refractivity contribution in [1.82, 2.24) is 0 Å². The molecule has 0 aliphatic carbocycles. The van der Waals surface area contributed by atoms with Crippen molar-refractivity contribution in [2.45, 2.75) is 18.6 Å². The largest absolute Gasteiger partial charge is 0.490 e. The molecular formula is C16H11F6NO3.